The minimum absolute atomic E-state index is 0.146. The van der Waals surface area contributed by atoms with Gasteiger partial charge in [0.1, 0.15) is 6.29 Å². The van der Waals surface area contributed by atoms with Crippen LogP contribution in [0.3, 0.4) is 0 Å². The molecule has 0 aliphatic heterocycles. The van der Waals surface area contributed by atoms with Crippen LogP contribution in [-0.2, 0) is 4.79 Å². The van der Waals surface area contributed by atoms with E-state index in [-0.39, 0.29) is 5.57 Å². The molecule has 0 bridgehead atoms. The van der Waals surface area contributed by atoms with Crippen molar-refractivity contribution in [3.8, 4) is 0 Å². The third kappa shape index (κ3) is 1.64. The second kappa shape index (κ2) is 3.51. The Morgan fingerprint density at radius 3 is 2.55 bits per heavy atom. The Balaban J connectivity index is 3.01. The van der Waals surface area contributed by atoms with Gasteiger partial charge >= 0.3 is 0 Å². The van der Waals surface area contributed by atoms with Gasteiger partial charge in [0, 0.05) is 18.0 Å². The van der Waals surface area contributed by atoms with Crippen LogP contribution in [0.4, 0.5) is 0 Å². The summed E-state index contributed by atoms with van der Waals surface area (Å²) in [7, 11) is 0. The zero-order valence-corrected chi connectivity index (χ0v) is 5.73. The van der Waals surface area contributed by atoms with E-state index in [1.807, 2.05) is 0 Å². The van der Waals surface area contributed by atoms with Crippen LogP contribution in [-0.4, -0.2) is 11.3 Å². The third-order valence-corrected chi connectivity index (χ3v) is 1.27. The molecule has 56 valence electrons. The first-order chi connectivity index (χ1) is 5.38. The average Bonchev–Trinajstić information content (AvgIpc) is 2.09. The highest BCUT2D eigenvalue weighted by atomic mass is 16.2. The van der Waals surface area contributed by atoms with Crippen molar-refractivity contribution in [2.24, 2.45) is 0 Å². The number of hydrogen-bond donors (Lipinski definition) is 0. The molecular weight excluding hydrogens is 142 g/mol. The molecule has 0 N–H and O–H groups in total. The molecule has 0 fully saturated rings. The maximum atomic E-state index is 10.2. The van der Waals surface area contributed by atoms with Gasteiger partial charge in [0.2, 0.25) is 0 Å². The maximum absolute atomic E-state index is 10.2. The molecule has 0 amide bonds. The number of carbonyl (C=O) groups is 1. The van der Waals surface area contributed by atoms with Crippen molar-refractivity contribution in [2.75, 3.05) is 0 Å². The molecule has 0 aliphatic rings. The van der Waals surface area contributed by atoms with Crippen molar-refractivity contribution in [2.45, 2.75) is 0 Å². The van der Waals surface area contributed by atoms with Crippen LogP contribution in [0.5, 0.6) is 0 Å². The summed E-state index contributed by atoms with van der Waals surface area (Å²) in [6.07, 6.45) is 4.12. The molecule has 1 heterocycles. The van der Waals surface area contributed by atoms with E-state index in [2.05, 4.69) is 4.98 Å². The van der Waals surface area contributed by atoms with Crippen LogP contribution in [0.25, 0.3) is 5.57 Å². The molecule has 3 nitrogen and oxygen atoms in total. The predicted octanol–water partition coefficient (Wildman–Crippen LogP) is -0.0183. The van der Waals surface area contributed by atoms with Crippen LogP contribution in [0.1, 0.15) is 5.56 Å². The van der Waals surface area contributed by atoms with Gasteiger partial charge in [-0.1, -0.05) is 0 Å². The van der Waals surface area contributed by atoms with Crippen molar-refractivity contribution in [1.29, 1.82) is 0 Å². The first-order valence-corrected chi connectivity index (χ1v) is 3.06. The Morgan fingerprint density at radius 1 is 1.45 bits per heavy atom. The molecule has 3 heteroatoms. The lowest BCUT2D eigenvalue weighted by atomic mass is 10.1. The Bertz CT molecular complexity index is 267. The number of carbonyl (C=O) groups excluding carboxylic acids is 1. The number of rotatable bonds is 2. The molecule has 0 saturated heterocycles. The Hall–Kier alpha value is -1.64. The van der Waals surface area contributed by atoms with Crippen molar-refractivity contribution in [3.63, 3.8) is 0 Å². The van der Waals surface area contributed by atoms with Crippen LogP contribution < -0.4 is 5.11 Å². The summed E-state index contributed by atoms with van der Waals surface area (Å²) in [5.41, 5.74) is 0.748. The van der Waals surface area contributed by atoms with Crippen LogP contribution in [0.15, 0.2) is 30.8 Å². The van der Waals surface area contributed by atoms with Gasteiger partial charge in [0.05, 0.1) is 0 Å². The summed E-state index contributed by atoms with van der Waals surface area (Å²) in [5, 5.41) is 10.2. The first kappa shape index (κ1) is 7.47. The maximum Gasteiger partial charge on any atom is 0.149 e. The van der Waals surface area contributed by atoms with Gasteiger partial charge in [-0.3, -0.25) is 9.78 Å². The van der Waals surface area contributed by atoms with Crippen LogP contribution >= 0.6 is 0 Å². The SMILES string of the molecule is O=C/C(=C\[O-])c1ccncc1. The summed E-state index contributed by atoms with van der Waals surface area (Å²) in [4.78, 5) is 14.0. The van der Waals surface area contributed by atoms with Gasteiger partial charge in [-0.15, -0.1) is 6.26 Å². The van der Waals surface area contributed by atoms with E-state index in [1.165, 1.54) is 12.4 Å². The molecule has 0 radical (unpaired) electrons. The minimum Gasteiger partial charge on any atom is -0.877 e. The predicted molar refractivity (Wildman–Crippen MR) is 38.3 cm³/mol. The second-order valence-corrected chi connectivity index (χ2v) is 1.93. The number of allylic oxidation sites excluding steroid dienone is 1. The highest BCUT2D eigenvalue weighted by Gasteiger charge is 1.93. The fraction of sp³-hybridized carbons (Fsp3) is 0. The smallest absolute Gasteiger partial charge is 0.149 e. The van der Waals surface area contributed by atoms with E-state index in [9.17, 15) is 9.90 Å². The van der Waals surface area contributed by atoms with Crippen molar-refractivity contribution >= 4 is 11.9 Å². The third-order valence-electron chi connectivity index (χ3n) is 1.27. The molecule has 1 aromatic heterocycles. The number of aromatic nitrogens is 1. The van der Waals surface area contributed by atoms with E-state index >= 15 is 0 Å². The molecule has 0 aromatic carbocycles. The standard InChI is InChI=1S/C8H7NO2/c10-5-8(6-11)7-1-3-9-4-2-7/h1-6,10H/p-1/b8-5+. The molecule has 0 atom stereocenters. The molecule has 11 heavy (non-hydrogen) atoms. The minimum atomic E-state index is 0.146. The molecular formula is C8H6NO2-. The van der Waals surface area contributed by atoms with E-state index in [0.29, 0.717) is 18.1 Å². The first-order valence-electron chi connectivity index (χ1n) is 3.06. The van der Waals surface area contributed by atoms with Crippen LogP contribution in [0, 0.1) is 0 Å². The average molecular weight is 148 g/mol. The Labute approximate surface area is 64.0 Å². The summed E-state index contributed by atoms with van der Waals surface area (Å²) < 4.78 is 0. The van der Waals surface area contributed by atoms with E-state index in [1.54, 1.807) is 12.1 Å². The molecule has 1 aromatic rings. The zero-order valence-electron chi connectivity index (χ0n) is 5.73. The van der Waals surface area contributed by atoms with Gasteiger partial charge in [-0.25, -0.2) is 0 Å². The largest absolute Gasteiger partial charge is 0.877 e. The fourth-order valence-corrected chi connectivity index (χ4v) is 0.708. The summed E-state index contributed by atoms with van der Waals surface area (Å²) in [6.45, 7) is 0. The Kier molecular flexibility index (Phi) is 2.38. The molecule has 0 aliphatic carbocycles. The van der Waals surface area contributed by atoms with Gasteiger partial charge in [0.15, 0.2) is 0 Å². The second-order valence-electron chi connectivity index (χ2n) is 1.93. The Morgan fingerprint density at radius 2 is 2.09 bits per heavy atom. The lowest BCUT2D eigenvalue weighted by Gasteiger charge is -2.00. The monoisotopic (exact) mass is 148 g/mol. The van der Waals surface area contributed by atoms with E-state index in [0.717, 1.165) is 0 Å². The van der Waals surface area contributed by atoms with Crippen molar-refractivity contribution in [3.05, 3.63) is 36.4 Å². The number of hydrogen-bond acceptors (Lipinski definition) is 3. The molecule has 1 rings (SSSR count). The molecule has 0 unspecified atom stereocenters. The number of nitrogens with zero attached hydrogens (tertiary/aromatic N) is 1. The van der Waals surface area contributed by atoms with Gasteiger partial charge < -0.3 is 5.11 Å². The quantitative estimate of drug-likeness (QED) is 0.336. The van der Waals surface area contributed by atoms with Gasteiger partial charge in [0.25, 0.3) is 0 Å². The molecule has 0 saturated carbocycles. The van der Waals surface area contributed by atoms with Crippen molar-refractivity contribution < 1.29 is 9.90 Å². The highest BCUT2D eigenvalue weighted by Crippen LogP contribution is 2.07. The topological polar surface area (TPSA) is 53.0 Å². The van der Waals surface area contributed by atoms with Gasteiger partial charge in [-0.05, 0) is 17.7 Å². The van der Waals surface area contributed by atoms with Crippen molar-refractivity contribution in [1.82, 2.24) is 4.98 Å². The van der Waals surface area contributed by atoms with E-state index < -0.39 is 0 Å². The van der Waals surface area contributed by atoms with E-state index in [4.69, 9.17) is 0 Å². The lowest BCUT2D eigenvalue weighted by molar-refractivity contribution is -0.273. The number of pyridine rings is 1. The fourth-order valence-electron chi connectivity index (χ4n) is 0.708. The zero-order chi connectivity index (χ0) is 8.10. The summed E-state index contributed by atoms with van der Waals surface area (Å²) in [5.74, 6) is 0. The normalized spacial score (nSPS) is 11.1. The van der Waals surface area contributed by atoms with Gasteiger partial charge in [-0.2, -0.15) is 0 Å². The summed E-state index contributed by atoms with van der Waals surface area (Å²) in [6, 6.07) is 3.22. The molecule has 0 spiro atoms. The highest BCUT2D eigenvalue weighted by molar-refractivity contribution is 6.06. The summed E-state index contributed by atoms with van der Waals surface area (Å²) >= 11 is 0. The lowest BCUT2D eigenvalue weighted by Crippen LogP contribution is -1.94. The number of aldehydes is 1. The van der Waals surface area contributed by atoms with Crippen LogP contribution in [0.2, 0.25) is 0 Å².